The van der Waals surface area contributed by atoms with Gasteiger partial charge in [0.25, 0.3) is 0 Å². The van der Waals surface area contributed by atoms with Crippen molar-refractivity contribution in [3.63, 3.8) is 0 Å². The topological polar surface area (TPSA) is 51.2 Å². The van der Waals surface area contributed by atoms with Crippen LogP contribution in [0.2, 0.25) is 0 Å². The van der Waals surface area contributed by atoms with E-state index in [1.165, 1.54) is 5.56 Å². The maximum Gasteiger partial charge on any atom is 0.248 e. The van der Waals surface area contributed by atoms with Crippen molar-refractivity contribution in [3.8, 4) is 5.75 Å². The maximum atomic E-state index is 12.0. The van der Waals surface area contributed by atoms with Crippen LogP contribution in [0.5, 0.6) is 5.75 Å². The summed E-state index contributed by atoms with van der Waals surface area (Å²) in [5, 5.41) is 0. The molecule has 1 amide bonds. The molecule has 150 valence electrons. The van der Waals surface area contributed by atoms with Gasteiger partial charge in [-0.15, -0.1) is 0 Å². The van der Waals surface area contributed by atoms with Gasteiger partial charge in [-0.25, -0.2) is 0 Å². The summed E-state index contributed by atoms with van der Waals surface area (Å²) in [6, 6.07) is 8.25. The molecule has 6 nitrogen and oxygen atoms in total. The number of piperidine rings is 1. The second-order valence-corrected chi connectivity index (χ2v) is 7.43. The molecular formula is C21H32N2O4. The SMILES string of the molecule is CCc1ccccc1OCCN1CCOC2(CCN(C(=O)COC)CC2)C1. The third-order valence-corrected chi connectivity index (χ3v) is 5.64. The average Bonchev–Trinajstić information content (AvgIpc) is 2.69. The Labute approximate surface area is 162 Å². The van der Waals surface area contributed by atoms with Gasteiger partial charge in [0.15, 0.2) is 0 Å². The number of hydrogen-bond donors (Lipinski definition) is 0. The number of morpholine rings is 1. The Balaban J connectivity index is 1.46. The molecule has 0 bridgehead atoms. The summed E-state index contributed by atoms with van der Waals surface area (Å²) in [6.45, 7) is 7.99. The highest BCUT2D eigenvalue weighted by Crippen LogP contribution is 2.30. The van der Waals surface area contributed by atoms with Crippen LogP contribution in [0.25, 0.3) is 0 Å². The first-order chi connectivity index (χ1) is 13.2. The van der Waals surface area contributed by atoms with Crippen molar-refractivity contribution in [2.24, 2.45) is 0 Å². The molecule has 0 saturated carbocycles. The molecule has 2 aliphatic heterocycles. The van der Waals surface area contributed by atoms with E-state index >= 15 is 0 Å². The zero-order chi connectivity index (χ0) is 19.1. The van der Waals surface area contributed by atoms with E-state index in [1.54, 1.807) is 7.11 Å². The van der Waals surface area contributed by atoms with Gasteiger partial charge in [-0.05, 0) is 30.9 Å². The number of para-hydroxylation sites is 1. The van der Waals surface area contributed by atoms with Crippen molar-refractivity contribution in [1.29, 1.82) is 0 Å². The Morgan fingerprint density at radius 1 is 1.22 bits per heavy atom. The summed E-state index contributed by atoms with van der Waals surface area (Å²) in [6.07, 6.45) is 2.76. The lowest BCUT2D eigenvalue weighted by Gasteiger charge is -2.47. The zero-order valence-corrected chi connectivity index (χ0v) is 16.6. The van der Waals surface area contributed by atoms with Crippen molar-refractivity contribution in [2.75, 3.05) is 59.7 Å². The third kappa shape index (κ3) is 5.21. The number of hydrogen-bond acceptors (Lipinski definition) is 5. The quantitative estimate of drug-likeness (QED) is 0.728. The Bertz CT molecular complexity index is 614. The summed E-state index contributed by atoms with van der Waals surface area (Å²) in [4.78, 5) is 16.3. The molecule has 0 radical (unpaired) electrons. The zero-order valence-electron chi connectivity index (χ0n) is 16.6. The number of ether oxygens (including phenoxy) is 3. The third-order valence-electron chi connectivity index (χ3n) is 5.64. The standard InChI is InChI=1S/C21H32N2O4/c1-3-18-6-4-5-7-19(18)26-14-12-22-13-15-27-21(17-22)8-10-23(11-9-21)20(24)16-25-2/h4-7H,3,8-17H2,1-2H3. The first-order valence-electron chi connectivity index (χ1n) is 9.99. The minimum atomic E-state index is -0.122. The summed E-state index contributed by atoms with van der Waals surface area (Å²) in [5.41, 5.74) is 1.13. The highest BCUT2D eigenvalue weighted by atomic mass is 16.5. The molecule has 2 aliphatic rings. The molecule has 1 aromatic rings. The second kappa shape index (κ2) is 9.53. The number of carbonyl (C=O) groups is 1. The van der Waals surface area contributed by atoms with Gasteiger partial charge in [-0.3, -0.25) is 9.69 Å². The molecule has 0 unspecified atom stereocenters. The van der Waals surface area contributed by atoms with E-state index < -0.39 is 0 Å². The van der Waals surface area contributed by atoms with E-state index in [9.17, 15) is 4.79 Å². The smallest absolute Gasteiger partial charge is 0.248 e. The molecule has 2 heterocycles. The Morgan fingerprint density at radius 3 is 2.74 bits per heavy atom. The van der Waals surface area contributed by atoms with Gasteiger partial charge in [0, 0.05) is 39.8 Å². The predicted molar refractivity (Wildman–Crippen MR) is 104 cm³/mol. The van der Waals surface area contributed by atoms with Gasteiger partial charge in [-0.1, -0.05) is 25.1 Å². The molecule has 0 aliphatic carbocycles. The lowest BCUT2D eigenvalue weighted by Crippen LogP contribution is -2.58. The first kappa shape index (κ1) is 20.1. The normalized spacial score (nSPS) is 20.0. The highest BCUT2D eigenvalue weighted by Gasteiger charge is 2.40. The van der Waals surface area contributed by atoms with Crippen molar-refractivity contribution >= 4 is 5.91 Å². The Hall–Kier alpha value is -1.63. The molecule has 1 aromatic carbocycles. The van der Waals surface area contributed by atoms with E-state index in [0.29, 0.717) is 6.61 Å². The van der Waals surface area contributed by atoms with Crippen molar-refractivity contribution in [3.05, 3.63) is 29.8 Å². The molecule has 2 fully saturated rings. The number of aryl methyl sites for hydroxylation is 1. The van der Waals surface area contributed by atoms with Crippen LogP contribution in [-0.4, -0.2) is 81.0 Å². The predicted octanol–water partition coefficient (Wildman–Crippen LogP) is 1.97. The van der Waals surface area contributed by atoms with E-state index in [1.807, 2.05) is 17.0 Å². The number of nitrogens with zero attached hydrogens (tertiary/aromatic N) is 2. The van der Waals surface area contributed by atoms with Crippen LogP contribution < -0.4 is 4.74 Å². The lowest BCUT2D eigenvalue weighted by atomic mass is 9.89. The minimum absolute atomic E-state index is 0.0722. The van der Waals surface area contributed by atoms with E-state index in [0.717, 1.165) is 64.3 Å². The fraction of sp³-hybridized carbons (Fsp3) is 0.667. The van der Waals surface area contributed by atoms with Crippen LogP contribution >= 0.6 is 0 Å². The van der Waals surface area contributed by atoms with Gasteiger partial charge in [0.05, 0.1) is 12.2 Å². The molecule has 1 spiro atoms. The van der Waals surface area contributed by atoms with Crippen LogP contribution in [0.3, 0.4) is 0 Å². The molecule has 6 heteroatoms. The highest BCUT2D eigenvalue weighted by molar-refractivity contribution is 5.77. The molecule has 27 heavy (non-hydrogen) atoms. The van der Waals surface area contributed by atoms with Crippen LogP contribution in [0.4, 0.5) is 0 Å². The van der Waals surface area contributed by atoms with Gasteiger partial charge in [0.1, 0.15) is 19.0 Å². The van der Waals surface area contributed by atoms with Gasteiger partial charge in [0.2, 0.25) is 5.91 Å². The number of methoxy groups -OCH3 is 1. The number of rotatable bonds is 7. The molecular weight excluding hydrogens is 344 g/mol. The Kier molecular flexibility index (Phi) is 7.10. The van der Waals surface area contributed by atoms with Crippen LogP contribution in [0, 0.1) is 0 Å². The van der Waals surface area contributed by atoms with Crippen LogP contribution in [0.1, 0.15) is 25.3 Å². The van der Waals surface area contributed by atoms with E-state index in [4.69, 9.17) is 14.2 Å². The number of benzene rings is 1. The van der Waals surface area contributed by atoms with E-state index in [-0.39, 0.29) is 18.1 Å². The van der Waals surface area contributed by atoms with Crippen LogP contribution in [0.15, 0.2) is 24.3 Å². The summed E-state index contributed by atoms with van der Waals surface area (Å²) in [5.74, 6) is 1.07. The van der Waals surface area contributed by atoms with Crippen molar-refractivity contribution in [2.45, 2.75) is 31.8 Å². The fourth-order valence-electron chi connectivity index (χ4n) is 4.02. The largest absolute Gasteiger partial charge is 0.492 e. The van der Waals surface area contributed by atoms with Crippen molar-refractivity contribution < 1.29 is 19.0 Å². The fourth-order valence-corrected chi connectivity index (χ4v) is 4.02. The lowest BCUT2D eigenvalue weighted by molar-refractivity contribution is -0.153. The van der Waals surface area contributed by atoms with Crippen molar-refractivity contribution in [1.82, 2.24) is 9.80 Å². The molecule has 0 N–H and O–H groups in total. The molecule has 0 atom stereocenters. The number of likely N-dealkylation sites (tertiary alicyclic amines) is 1. The van der Waals surface area contributed by atoms with Crippen LogP contribution in [-0.2, 0) is 20.7 Å². The molecule has 2 saturated heterocycles. The first-order valence-corrected chi connectivity index (χ1v) is 9.99. The van der Waals surface area contributed by atoms with Gasteiger partial charge >= 0.3 is 0 Å². The van der Waals surface area contributed by atoms with Gasteiger partial charge < -0.3 is 19.1 Å². The maximum absolute atomic E-state index is 12.0. The summed E-state index contributed by atoms with van der Waals surface area (Å²) < 4.78 is 17.2. The number of amides is 1. The molecule has 3 rings (SSSR count). The average molecular weight is 376 g/mol. The molecule has 0 aromatic heterocycles. The van der Waals surface area contributed by atoms with Gasteiger partial charge in [-0.2, -0.15) is 0 Å². The number of carbonyl (C=O) groups excluding carboxylic acids is 1. The summed E-state index contributed by atoms with van der Waals surface area (Å²) >= 11 is 0. The van der Waals surface area contributed by atoms with E-state index in [2.05, 4.69) is 24.0 Å². The summed E-state index contributed by atoms with van der Waals surface area (Å²) in [7, 11) is 1.56. The Morgan fingerprint density at radius 2 is 2.00 bits per heavy atom. The second-order valence-electron chi connectivity index (χ2n) is 7.43. The minimum Gasteiger partial charge on any atom is -0.492 e. The monoisotopic (exact) mass is 376 g/mol.